The van der Waals surface area contributed by atoms with Gasteiger partial charge in [-0.05, 0) is 41.6 Å². The highest BCUT2D eigenvalue weighted by Crippen LogP contribution is 2.13. The van der Waals surface area contributed by atoms with Crippen molar-refractivity contribution in [2.45, 2.75) is 40.2 Å². The number of nitrogens with zero attached hydrogens (tertiary/aromatic N) is 2. The molecule has 0 bridgehead atoms. The van der Waals surface area contributed by atoms with E-state index in [0.29, 0.717) is 16.9 Å². The van der Waals surface area contributed by atoms with Gasteiger partial charge in [-0.25, -0.2) is 4.98 Å². The van der Waals surface area contributed by atoms with E-state index >= 15 is 0 Å². The third-order valence-corrected chi connectivity index (χ3v) is 3.15. The van der Waals surface area contributed by atoms with Gasteiger partial charge < -0.3 is 0 Å². The van der Waals surface area contributed by atoms with Crippen LogP contribution in [0.1, 0.15) is 32.9 Å². The molecule has 0 fully saturated rings. The number of aromatic nitrogens is 2. The second kappa shape index (κ2) is 5.45. The van der Waals surface area contributed by atoms with Gasteiger partial charge in [0.15, 0.2) is 0 Å². The topological polar surface area (TPSA) is 34.9 Å². The number of aryl methyl sites for hydroxylation is 2. The number of hydrogen-bond acceptors (Lipinski definition) is 2. The Morgan fingerprint density at radius 1 is 1.53 bits per heavy atom. The largest absolute Gasteiger partial charge is 0.299 e. The lowest BCUT2D eigenvalue weighted by atomic mass is 10.1. The fraction of sp³-hybridized carbons (Fsp3) is 0.636. The normalized spacial score (nSPS) is 11.0. The van der Waals surface area contributed by atoms with Crippen LogP contribution in [-0.4, -0.2) is 9.55 Å². The molecule has 3 nitrogen and oxygen atoms in total. The Hall–Kier alpha value is -0.640. The lowest BCUT2D eigenvalue weighted by Crippen LogP contribution is -2.22. The maximum atomic E-state index is 11.7. The summed E-state index contributed by atoms with van der Waals surface area (Å²) in [5.74, 6) is 0.632. The molecule has 0 atom stereocenters. The van der Waals surface area contributed by atoms with Crippen molar-refractivity contribution in [2.75, 3.05) is 0 Å². The molecule has 0 N–H and O–H groups in total. The maximum absolute atomic E-state index is 11.7. The molecule has 0 unspecified atom stereocenters. The first-order valence-corrected chi connectivity index (χ1v) is 6.09. The highest BCUT2D eigenvalue weighted by molar-refractivity contribution is 9.10. The third-order valence-electron chi connectivity index (χ3n) is 2.35. The van der Waals surface area contributed by atoms with Crippen LogP contribution < -0.4 is 5.56 Å². The highest BCUT2D eigenvalue weighted by Gasteiger charge is 2.08. The van der Waals surface area contributed by atoms with Crippen LogP contribution in [0, 0.1) is 5.92 Å². The molecule has 0 aliphatic carbocycles. The van der Waals surface area contributed by atoms with Gasteiger partial charge in [0.25, 0.3) is 5.56 Å². The van der Waals surface area contributed by atoms with Crippen molar-refractivity contribution < 1.29 is 0 Å². The Morgan fingerprint density at radius 3 is 2.73 bits per heavy atom. The summed E-state index contributed by atoms with van der Waals surface area (Å²) in [6.07, 6.45) is 3.54. The summed E-state index contributed by atoms with van der Waals surface area (Å²) in [6, 6.07) is 0. The number of rotatable bonds is 4. The molecule has 0 aliphatic rings. The monoisotopic (exact) mass is 272 g/mol. The minimum absolute atomic E-state index is 0.0197. The van der Waals surface area contributed by atoms with Crippen molar-refractivity contribution in [1.82, 2.24) is 9.55 Å². The second-order valence-electron chi connectivity index (χ2n) is 4.03. The second-order valence-corrected chi connectivity index (χ2v) is 4.82. The molecule has 0 aromatic carbocycles. The van der Waals surface area contributed by atoms with Gasteiger partial charge in [-0.3, -0.25) is 9.36 Å². The van der Waals surface area contributed by atoms with Crippen molar-refractivity contribution in [3.05, 3.63) is 26.8 Å². The fourth-order valence-corrected chi connectivity index (χ4v) is 1.85. The molecule has 0 saturated carbocycles. The van der Waals surface area contributed by atoms with Gasteiger partial charge in [0.2, 0.25) is 0 Å². The summed E-state index contributed by atoms with van der Waals surface area (Å²) in [5, 5.41) is 0. The van der Waals surface area contributed by atoms with E-state index < -0.39 is 0 Å². The minimum atomic E-state index is 0.0197. The van der Waals surface area contributed by atoms with E-state index in [1.807, 2.05) is 6.92 Å². The smallest absolute Gasteiger partial charge is 0.267 e. The lowest BCUT2D eigenvalue weighted by molar-refractivity contribution is 0.575. The zero-order chi connectivity index (χ0) is 11.4. The quantitative estimate of drug-likeness (QED) is 0.845. The first kappa shape index (κ1) is 12.4. The molecule has 4 heteroatoms. The van der Waals surface area contributed by atoms with Gasteiger partial charge >= 0.3 is 0 Å². The zero-order valence-corrected chi connectivity index (χ0v) is 11.0. The SMILES string of the molecule is CCn1cnc(CCC(C)C)c(Br)c1=O. The lowest BCUT2D eigenvalue weighted by Gasteiger charge is -2.07. The van der Waals surface area contributed by atoms with E-state index in [4.69, 9.17) is 0 Å². The molecule has 0 spiro atoms. The van der Waals surface area contributed by atoms with E-state index in [9.17, 15) is 4.79 Å². The summed E-state index contributed by atoms with van der Waals surface area (Å²) in [6.45, 7) is 6.93. The predicted octanol–water partition coefficient (Wildman–Crippen LogP) is 2.61. The molecule has 0 radical (unpaired) electrons. The number of halogens is 1. The molecule has 1 heterocycles. The fourth-order valence-electron chi connectivity index (χ4n) is 1.32. The minimum Gasteiger partial charge on any atom is -0.299 e. The van der Waals surface area contributed by atoms with Gasteiger partial charge in [-0.15, -0.1) is 0 Å². The van der Waals surface area contributed by atoms with Crippen molar-refractivity contribution >= 4 is 15.9 Å². The van der Waals surface area contributed by atoms with Gasteiger partial charge in [0.05, 0.1) is 12.0 Å². The maximum Gasteiger partial charge on any atom is 0.267 e. The number of hydrogen-bond donors (Lipinski definition) is 0. The molecular formula is C11H17BrN2O. The van der Waals surface area contributed by atoms with Crippen LogP contribution in [0.3, 0.4) is 0 Å². The summed E-state index contributed by atoms with van der Waals surface area (Å²) < 4.78 is 2.22. The molecule has 0 amide bonds. The van der Waals surface area contributed by atoms with Crippen molar-refractivity contribution in [3.8, 4) is 0 Å². The average Bonchev–Trinajstić information content (AvgIpc) is 2.20. The molecule has 1 aromatic rings. The summed E-state index contributed by atoms with van der Waals surface area (Å²) in [5.41, 5.74) is 0.893. The van der Waals surface area contributed by atoms with Gasteiger partial charge in [0.1, 0.15) is 4.47 Å². The molecule has 0 saturated heterocycles. The molecule has 0 aliphatic heterocycles. The van der Waals surface area contributed by atoms with E-state index in [2.05, 4.69) is 34.8 Å². The van der Waals surface area contributed by atoms with Gasteiger partial charge in [-0.2, -0.15) is 0 Å². The van der Waals surface area contributed by atoms with Crippen LogP contribution in [0.2, 0.25) is 0 Å². The summed E-state index contributed by atoms with van der Waals surface area (Å²) >= 11 is 3.33. The molecule has 1 aromatic heterocycles. The highest BCUT2D eigenvalue weighted by atomic mass is 79.9. The summed E-state index contributed by atoms with van der Waals surface area (Å²) in [7, 11) is 0. The van der Waals surface area contributed by atoms with Gasteiger partial charge in [0, 0.05) is 6.54 Å². The molecular weight excluding hydrogens is 256 g/mol. The van der Waals surface area contributed by atoms with Gasteiger partial charge in [-0.1, -0.05) is 13.8 Å². The Balaban J connectivity index is 2.92. The van der Waals surface area contributed by atoms with Crippen LogP contribution in [0.4, 0.5) is 0 Å². The predicted molar refractivity (Wildman–Crippen MR) is 65.0 cm³/mol. The van der Waals surface area contributed by atoms with Crippen molar-refractivity contribution in [3.63, 3.8) is 0 Å². The van der Waals surface area contributed by atoms with Crippen LogP contribution in [0.15, 0.2) is 15.6 Å². The van der Waals surface area contributed by atoms with Crippen LogP contribution in [-0.2, 0) is 13.0 Å². The Labute approximate surface area is 98.7 Å². The average molecular weight is 273 g/mol. The van der Waals surface area contributed by atoms with E-state index in [0.717, 1.165) is 18.5 Å². The zero-order valence-electron chi connectivity index (χ0n) is 9.46. The molecule has 1 rings (SSSR count). The van der Waals surface area contributed by atoms with E-state index in [1.54, 1.807) is 10.9 Å². The van der Waals surface area contributed by atoms with Crippen LogP contribution in [0.25, 0.3) is 0 Å². The Kier molecular flexibility index (Phi) is 4.51. The Bertz CT molecular complexity index is 385. The summed E-state index contributed by atoms with van der Waals surface area (Å²) in [4.78, 5) is 16.0. The molecule has 84 valence electrons. The van der Waals surface area contributed by atoms with E-state index in [-0.39, 0.29) is 5.56 Å². The molecule has 15 heavy (non-hydrogen) atoms. The van der Waals surface area contributed by atoms with E-state index in [1.165, 1.54) is 0 Å². The van der Waals surface area contributed by atoms with Crippen molar-refractivity contribution in [1.29, 1.82) is 0 Å². The first-order valence-electron chi connectivity index (χ1n) is 5.30. The third kappa shape index (κ3) is 3.16. The standard InChI is InChI=1S/C11H17BrN2O/c1-4-14-7-13-9(6-5-8(2)3)10(12)11(14)15/h7-8H,4-6H2,1-3H3. The Morgan fingerprint density at radius 2 is 2.20 bits per heavy atom. The van der Waals surface area contributed by atoms with Crippen LogP contribution >= 0.6 is 15.9 Å². The van der Waals surface area contributed by atoms with Crippen LogP contribution in [0.5, 0.6) is 0 Å². The van der Waals surface area contributed by atoms with Crippen molar-refractivity contribution in [2.24, 2.45) is 5.92 Å². The first-order chi connectivity index (χ1) is 7.06.